The lowest BCUT2D eigenvalue weighted by Crippen LogP contribution is -2.08. The fourth-order valence-electron chi connectivity index (χ4n) is 1.71. The van der Waals surface area contributed by atoms with Crippen molar-refractivity contribution in [1.29, 1.82) is 0 Å². The van der Waals surface area contributed by atoms with Crippen LogP contribution in [0.5, 0.6) is 0 Å². The van der Waals surface area contributed by atoms with Crippen LogP contribution < -0.4 is 5.73 Å². The fourth-order valence-corrected chi connectivity index (χ4v) is 1.71. The summed E-state index contributed by atoms with van der Waals surface area (Å²) in [5.74, 6) is -0.815. The second-order valence-corrected chi connectivity index (χ2v) is 3.85. The Hall–Kier alpha value is -2.16. The van der Waals surface area contributed by atoms with Crippen LogP contribution in [0.15, 0.2) is 42.5 Å². The van der Waals surface area contributed by atoms with Gasteiger partial charge in [0.1, 0.15) is 5.82 Å². The molecule has 0 fully saturated rings. The number of nitrogen functional groups attached to an aromatic ring is 1. The summed E-state index contributed by atoms with van der Waals surface area (Å²) >= 11 is 0. The summed E-state index contributed by atoms with van der Waals surface area (Å²) in [7, 11) is 0. The Morgan fingerprint density at radius 2 is 1.71 bits per heavy atom. The third-order valence-corrected chi connectivity index (χ3v) is 2.69. The maximum Gasteiger partial charge on any atom is 0.195 e. The van der Waals surface area contributed by atoms with Crippen molar-refractivity contribution in [1.82, 2.24) is 0 Å². The van der Waals surface area contributed by atoms with E-state index in [0.717, 1.165) is 5.56 Å². The molecular formula is C14H12FNO. The molecule has 3 heteroatoms. The molecule has 0 saturated heterocycles. The molecule has 2 aromatic rings. The molecule has 0 bridgehead atoms. The summed E-state index contributed by atoms with van der Waals surface area (Å²) in [5.41, 5.74) is 7.08. The number of hydrogen-bond donors (Lipinski definition) is 1. The van der Waals surface area contributed by atoms with Gasteiger partial charge in [0.15, 0.2) is 5.78 Å². The van der Waals surface area contributed by atoms with E-state index in [-0.39, 0.29) is 17.0 Å². The van der Waals surface area contributed by atoms with Gasteiger partial charge >= 0.3 is 0 Å². The normalized spacial score (nSPS) is 10.2. The second kappa shape index (κ2) is 4.37. The van der Waals surface area contributed by atoms with E-state index in [9.17, 15) is 9.18 Å². The molecule has 17 heavy (non-hydrogen) atoms. The molecule has 2 rings (SSSR count). The molecule has 0 aromatic heterocycles. The molecule has 0 heterocycles. The Balaban J connectivity index is 2.52. The van der Waals surface area contributed by atoms with Crippen LogP contribution in [-0.4, -0.2) is 5.78 Å². The molecule has 0 aliphatic carbocycles. The van der Waals surface area contributed by atoms with E-state index < -0.39 is 5.82 Å². The molecule has 2 aromatic carbocycles. The lowest BCUT2D eigenvalue weighted by molar-refractivity contribution is 0.103. The molecule has 86 valence electrons. The van der Waals surface area contributed by atoms with Gasteiger partial charge < -0.3 is 5.73 Å². The molecule has 0 spiro atoms. The molecule has 0 saturated carbocycles. The predicted molar refractivity (Wildman–Crippen MR) is 65.4 cm³/mol. The third kappa shape index (κ3) is 2.04. The fraction of sp³-hybridized carbons (Fsp3) is 0.0714. The molecule has 0 aliphatic heterocycles. The van der Waals surface area contributed by atoms with Crippen LogP contribution in [0.2, 0.25) is 0 Å². The second-order valence-electron chi connectivity index (χ2n) is 3.85. The number of carbonyl (C=O) groups excluding carboxylic acids is 1. The van der Waals surface area contributed by atoms with Crippen LogP contribution in [0, 0.1) is 12.7 Å². The molecule has 0 radical (unpaired) electrons. The molecule has 0 amide bonds. The smallest absolute Gasteiger partial charge is 0.195 e. The highest BCUT2D eigenvalue weighted by Gasteiger charge is 2.15. The maximum absolute atomic E-state index is 13.3. The van der Waals surface area contributed by atoms with Gasteiger partial charge in [-0.1, -0.05) is 30.3 Å². The van der Waals surface area contributed by atoms with E-state index in [2.05, 4.69) is 0 Å². The number of hydrogen-bond acceptors (Lipinski definition) is 2. The monoisotopic (exact) mass is 229 g/mol. The first-order chi connectivity index (χ1) is 8.11. The van der Waals surface area contributed by atoms with Gasteiger partial charge in [0.25, 0.3) is 0 Å². The first kappa shape index (κ1) is 11.3. The summed E-state index contributed by atoms with van der Waals surface area (Å²) in [6.45, 7) is 1.84. The summed E-state index contributed by atoms with van der Waals surface area (Å²) in [6.07, 6.45) is 0. The Kier molecular flexibility index (Phi) is 2.91. The minimum Gasteiger partial charge on any atom is -0.396 e. The first-order valence-corrected chi connectivity index (χ1v) is 5.25. The zero-order valence-corrected chi connectivity index (χ0v) is 9.41. The van der Waals surface area contributed by atoms with E-state index >= 15 is 0 Å². The van der Waals surface area contributed by atoms with E-state index in [1.807, 2.05) is 19.1 Å². The average Bonchev–Trinajstić information content (AvgIpc) is 2.32. The van der Waals surface area contributed by atoms with Crippen molar-refractivity contribution >= 4 is 11.5 Å². The summed E-state index contributed by atoms with van der Waals surface area (Å²) < 4.78 is 13.3. The van der Waals surface area contributed by atoms with Crippen molar-refractivity contribution in [3.8, 4) is 0 Å². The number of ketones is 1. The van der Waals surface area contributed by atoms with Crippen LogP contribution in [0.1, 0.15) is 21.5 Å². The number of benzene rings is 2. The molecule has 0 atom stereocenters. The maximum atomic E-state index is 13.3. The largest absolute Gasteiger partial charge is 0.396 e. The number of rotatable bonds is 2. The number of para-hydroxylation sites is 1. The summed E-state index contributed by atoms with van der Waals surface area (Å²) in [6, 6.07) is 11.4. The Labute approximate surface area is 98.9 Å². The Morgan fingerprint density at radius 3 is 2.41 bits per heavy atom. The van der Waals surface area contributed by atoms with Gasteiger partial charge in [0.2, 0.25) is 0 Å². The molecule has 2 N–H and O–H groups in total. The van der Waals surface area contributed by atoms with Gasteiger partial charge in [-0.05, 0) is 24.6 Å². The van der Waals surface area contributed by atoms with Crippen LogP contribution in [0.4, 0.5) is 10.1 Å². The standard InChI is InChI=1S/C14H12FNO/c1-9-5-2-3-6-10(9)14(17)11-7-4-8-12(15)13(11)16/h2-8H,16H2,1H3. The highest BCUT2D eigenvalue weighted by atomic mass is 19.1. The summed E-state index contributed by atoms with van der Waals surface area (Å²) in [5, 5.41) is 0. The van der Waals surface area contributed by atoms with E-state index in [0.29, 0.717) is 5.56 Å². The third-order valence-electron chi connectivity index (χ3n) is 2.69. The topological polar surface area (TPSA) is 43.1 Å². The highest BCUT2D eigenvalue weighted by Crippen LogP contribution is 2.21. The highest BCUT2D eigenvalue weighted by molar-refractivity contribution is 6.12. The predicted octanol–water partition coefficient (Wildman–Crippen LogP) is 2.95. The Bertz CT molecular complexity index is 578. The average molecular weight is 229 g/mol. The van der Waals surface area contributed by atoms with Crippen molar-refractivity contribution < 1.29 is 9.18 Å². The van der Waals surface area contributed by atoms with Gasteiger partial charge in [-0.3, -0.25) is 4.79 Å². The van der Waals surface area contributed by atoms with Gasteiger partial charge in [-0.2, -0.15) is 0 Å². The number of halogens is 1. The van der Waals surface area contributed by atoms with Gasteiger partial charge in [0.05, 0.1) is 5.69 Å². The Morgan fingerprint density at radius 1 is 1.06 bits per heavy atom. The summed E-state index contributed by atoms with van der Waals surface area (Å²) in [4.78, 5) is 12.2. The zero-order valence-electron chi connectivity index (χ0n) is 9.41. The molecule has 2 nitrogen and oxygen atoms in total. The van der Waals surface area contributed by atoms with E-state index in [1.54, 1.807) is 12.1 Å². The van der Waals surface area contributed by atoms with Crippen molar-refractivity contribution in [2.24, 2.45) is 0 Å². The van der Waals surface area contributed by atoms with Gasteiger partial charge in [-0.15, -0.1) is 0 Å². The van der Waals surface area contributed by atoms with Crippen LogP contribution in [0.3, 0.4) is 0 Å². The SMILES string of the molecule is Cc1ccccc1C(=O)c1cccc(F)c1N. The lowest BCUT2D eigenvalue weighted by Gasteiger charge is -2.07. The number of nitrogens with two attached hydrogens (primary N) is 1. The lowest BCUT2D eigenvalue weighted by atomic mass is 9.98. The zero-order chi connectivity index (χ0) is 12.4. The van der Waals surface area contributed by atoms with Crippen LogP contribution in [0.25, 0.3) is 0 Å². The minimum atomic E-state index is -0.565. The van der Waals surface area contributed by atoms with Crippen molar-refractivity contribution in [3.05, 3.63) is 65.0 Å². The van der Waals surface area contributed by atoms with Crippen molar-refractivity contribution in [2.45, 2.75) is 6.92 Å². The van der Waals surface area contributed by atoms with E-state index in [4.69, 9.17) is 5.73 Å². The molecule has 0 aliphatic rings. The molecule has 0 unspecified atom stereocenters. The van der Waals surface area contributed by atoms with Gasteiger partial charge in [-0.25, -0.2) is 4.39 Å². The van der Waals surface area contributed by atoms with Crippen molar-refractivity contribution in [3.63, 3.8) is 0 Å². The molecular weight excluding hydrogens is 217 g/mol. The number of carbonyl (C=O) groups is 1. The number of aryl methyl sites for hydroxylation is 1. The van der Waals surface area contributed by atoms with Crippen LogP contribution in [-0.2, 0) is 0 Å². The number of anilines is 1. The first-order valence-electron chi connectivity index (χ1n) is 5.25. The van der Waals surface area contributed by atoms with Crippen molar-refractivity contribution in [2.75, 3.05) is 5.73 Å². The quantitative estimate of drug-likeness (QED) is 0.635. The minimum absolute atomic E-state index is 0.0965. The van der Waals surface area contributed by atoms with Gasteiger partial charge in [0, 0.05) is 11.1 Å². The van der Waals surface area contributed by atoms with E-state index in [1.165, 1.54) is 18.2 Å². The van der Waals surface area contributed by atoms with Crippen LogP contribution >= 0.6 is 0 Å².